The van der Waals surface area contributed by atoms with E-state index in [0.717, 1.165) is 17.0 Å². The molecule has 0 saturated heterocycles. The number of nitrogens with zero attached hydrogens (tertiary/aromatic N) is 2. The van der Waals surface area contributed by atoms with Gasteiger partial charge < -0.3 is 15.5 Å². The van der Waals surface area contributed by atoms with Crippen molar-refractivity contribution in [1.82, 2.24) is 14.8 Å². The molecule has 9 nitrogen and oxygen atoms in total. The van der Waals surface area contributed by atoms with E-state index in [2.05, 4.69) is 14.8 Å². The number of anilines is 2. The van der Waals surface area contributed by atoms with Crippen LogP contribution in [0.4, 0.5) is 20.3 Å². The van der Waals surface area contributed by atoms with Gasteiger partial charge in [0.2, 0.25) is 15.8 Å². The standard InChI is InChI=1S/C27H23F2N5O4S/c1-14-8-16-10-23(32-22(16)12-21(14)33-39(3,36)37)26(35)18-13-31-34(27(18)30)25-15(2)9-17(11-20(25)29)38-24-7-5-4-6-19(24)28/h4-13,32-33H,30H2,1-3H3. The van der Waals surface area contributed by atoms with E-state index in [0.29, 0.717) is 27.7 Å². The quantitative estimate of drug-likeness (QED) is 0.238. The van der Waals surface area contributed by atoms with E-state index in [9.17, 15) is 17.6 Å². The molecule has 0 saturated carbocycles. The summed E-state index contributed by atoms with van der Waals surface area (Å²) in [4.78, 5) is 16.3. The van der Waals surface area contributed by atoms with Crippen LogP contribution in [0.3, 0.4) is 0 Å². The van der Waals surface area contributed by atoms with Gasteiger partial charge in [-0.2, -0.15) is 5.10 Å². The van der Waals surface area contributed by atoms with Gasteiger partial charge in [-0.25, -0.2) is 21.9 Å². The number of para-hydroxylation sites is 1. The van der Waals surface area contributed by atoms with Crippen LogP contribution in [-0.2, 0) is 10.0 Å². The molecule has 2 heterocycles. The number of aromatic nitrogens is 3. The van der Waals surface area contributed by atoms with E-state index in [1.54, 1.807) is 38.1 Å². The van der Waals surface area contributed by atoms with Crippen LogP contribution in [0.15, 0.2) is 60.8 Å². The fraction of sp³-hybridized carbons (Fsp3) is 0.111. The minimum atomic E-state index is -3.49. The van der Waals surface area contributed by atoms with Gasteiger partial charge in [0.05, 0.1) is 29.4 Å². The van der Waals surface area contributed by atoms with Crippen molar-refractivity contribution in [2.75, 3.05) is 16.7 Å². The fourth-order valence-corrected chi connectivity index (χ4v) is 4.89. The van der Waals surface area contributed by atoms with E-state index in [-0.39, 0.29) is 34.3 Å². The van der Waals surface area contributed by atoms with Crippen molar-refractivity contribution in [3.05, 3.63) is 94.8 Å². The molecule has 0 aliphatic rings. The first kappa shape index (κ1) is 25.9. The number of ether oxygens (including phenoxy) is 1. The van der Waals surface area contributed by atoms with Crippen molar-refractivity contribution >= 4 is 38.2 Å². The molecule has 12 heteroatoms. The molecule has 39 heavy (non-hydrogen) atoms. The maximum atomic E-state index is 15.2. The maximum absolute atomic E-state index is 15.2. The smallest absolute Gasteiger partial charge is 0.229 e. The van der Waals surface area contributed by atoms with Gasteiger partial charge in [-0.15, -0.1) is 0 Å². The average molecular weight is 552 g/mol. The molecule has 0 aliphatic carbocycles. The summed E-state index contributed by atoms with van der Waals surface area (Å²) in [5.41, 5.74) is 8.47. The summed E-state index contributed by atoms with van der Waals surface area (Å²) in [6, 6.07) is 13.3. The van der Waals surface area contributed by atoms with E-state index in [4.69, 9.17) is 10.5 Å². The zero-order valence-electron chi connectivity index (χ0n) is 21.0. The fourth-order valence-electron chi connectivity index (χ4n) is 4.27. The monoisotopic (exact) mass is 551 g/mol. The molecule has 0 bridgehead atoms. The van der Waals surface area contributed by atoms with Crippen LogP contribution < -0.4 is 15.2 Å². The predicted octanol–water partition coefficient (Wildman–Crippen LogP) is 5.23. The number of aromatic amines is 1. The van der Waals surface area contributed by atoms with Gasteiger partial charge in [0.25, 0.3) is 0 Å². The van der Waals surface area contributed by atoms with Gasteiger partial charge in [-0.1, -0.05) is 12.1 Å². The van der Waals surface area contributed by atoms with Crippen LogP contribution in [0.1, 0.15) is 27.2 Å². The topological polar surface area (TPSA) is 132 Å². The van der Waals surface area contributed by atoms with Gasteiger partial charge in [-0.3, -0.25) is 9.52 Å². The summed E-state index contributed by atoms with van der Waals surface area (Å²) in [6.45, 7) is 3.35. The number of hydrogen-bond acceptors (Lipinski definition) is 6. The highest BCUT2D eigenvalue weighted by Crippen LogP contribution is 2.32. The molecule has 0 radical (unpaired) electrons. The number of nitrogens with two attached hydrogens (primary N) is 1. The van der Waals surface area contributed by atoms with Crippen molar-refractivity contribution in [3.63, 3.8) is 0 Å². The first-order valence-electron chi connectivity index (χ1n) is 11.6. The lowest BCUT2D eigenvalue weighted by molar-refractivity contribution is 0.103. The number of rotatable bonds is 7. The van der Waals surface area contributed by atoms with E-state index < -0.39 is 27.4 Å². The molecule has 0 spiro atoms. The Balaban J connectivity index is 1.46. The van der Waals surface area contributed by atoms with Crippen molar-refractivity contribution < 1.29 is 26.7 Å². The molecule has 4 N–H and O–H groups in total. The summed E-state index contributed by atoms with van der Waals surface area (Å²) in [6.07, 6.45) is 2.29. The largest absolute Gasteiger partial charge is 0.454 e. The number of nitrogens with one attached hydrogen (secondary N) is 2. The van der Waals surface area contributed by atoms with Crippen molar-refractivity contribution in [3.8, 4) is 17.2 Å². The Hall–Kier alpha value is -4.71. The lowest BCUT2D eigenvalue weighted by atomic mass is 10.1. The highest BCUT2D eigenvalue weighted by atomic mass is 32.2. The zero-order chi connectivity index (χ0) is 28.1. The minimum absolute atomic E-state index is 0.0104. The Labute approximate surface area is 222 Å². The third-order valence-corrected chi connectivity index (χ3v) is 6.65. The van der Waals surface area contributed by atoms with Crippen LogP contribution in [0, 0.1) is 25.5 Å². The normalized spacial score (nSPS) is 11.6. The van der Waals surface area contributed by atoms with Gasteiger partial charge >= 0.3 is 0 Å². The number of fused-ring (bicyclic) bond motifs is 1. The number of aryl methyl sites for hydroxylation is 2. The molecule has 0 atom stereocenters. The predicted molar refractivity (Wildman–Crippen MR) is 144 cm³/mol. The molecule has 2 aromatic heterocycles. The lowest BCUT2D eigenvalue weighted by Crippen LogP contribution is -2.10. The van der Waals surface area contributed by atoms with E-state index in [1.165, 1.54) is 30.5 Å². The lowest BCUT2D eigenvalue weighted by Gasteiger charge is -2.13. The van der Waals surface area contributed by atoms with Crippen molar-refractivity contribution in [1.29, 1.82) is 0 Å². The van der Waals surface area contributed by atoms with Crippen LogP contribution in [-0.4, -0.2) is 35.2 Å². The molecule has 0 fully saturated rings. The van der Waals surface area contributed by atoms with Crippen LogP contribution in [0.5, 0.6) is 11.5 Å². The third kappa shape index (κ3) is 5.06. The van der Waals surface area contributed by atoms with Gasteiger partial charge in [0, 0.05) is 17.0 Å². The molecule has 5 rings (SSSR count). The van der Waals surface area contributed by atoms with Crippen LogP contribution >= 0.6 is 0 Å². The summed E-state index contributed by atoms with van der Waals surface area (Å²) >= 11 is 0. The molecule has 5 aromatic rings. The second-order valence-corrected chi connectivity index (χ2v) is 10.8. The molecule has 0 unspecified atom stereocenters. The summed E-state index contributed by atoms with van der Waals surface area (Å²) in [7, 11) is -3.49. The average Bonchev–Trinajstić information content (AvgIpc) is 3.42. The van der Waals surface area contributed by atoms with Gasteiger partial charge in [0.15, 0.2) is 17.4 Å². The van der Waals surface area contributed by atoms with Crippen molar-refractivity contribution in [2.24, 2.45) is 0 Å². The van der Waals surface area contributed by atoms with Crippen molar-refractivity contribution in [2.45, 2.75) is 13.8 Å². The molecular formula is C27H23F2N5O4S. The highest BCUT2D eigenvalue weighted by molar-refractivity contribution is 7.92. The number of nitrogen functional groups attached to an aromatic ring is 1. The first-order chi connectivity index (χ1) is 18.4. The number of ketones is 1. The molecule has 0 aliphatic heterocycles. The molecule has 3 aromatic carbocycles. The summed E-state index contributed by atoms with van der Waals surface area (Å²) in [5, 5.41) is 4.83. The Morgan fingerprint density at radius 3 is 2.49 bits per heavy atom. The van der Waals surface area contributed by atoms with Crippen LogP contribution in [0.2, 0.25) is 0 Å². The minimum Gasteiger partial charge on any atom is -0.454 e. The second kappa shape index (κ2) is 9.55. The first-order valence-corrected chi connectivity index (χ1v) is 13.5. The Morgan fingerprint density at radius 2 is 1.79 bits per heavy atom. The molecule has 0 amide bonds. The second-order valence-electron chi connectivity index (χ2n) is 9.10. The number of hydrogen-bond donors (Lipinski definition) is 3. The van der Waals surface area contributed by atoms with Gasteiger partial charge in [0.1, 0.15) is 17.3 Å². The molecule has 200 valence electrons. The number of carbonyl (C=O) groups is 1. The summed E-state index contributed by atoms with van der Waals surface area (Å²) in [5.74, 6) is -1.86. The van der Waals surface area contributed by atoms with Gasteiger partial charge in [-0.05, 0) is 61.4 Å². The number of H-pyrrole nitrogens is 1. The number of halogens is 2. The Kier molecular flexibility index (Phi) is 6.35. The summed E-state index contributed by atoms with van der Waals surface area (Å²) < 4.78 is 61.5. The van der Waals surface area contributed by atoms with Crippen LogP contribution in [0.25, 0.3) is 16.6 Å². The number of sulfonamides is 1. The SMILES string of the molecule is Cc1cc2cc(C(=O)c3cnn(-c4c(C)cc(Oc5ccccc5F)cc4F)c3N)[nH]c2cc1NS(C)(=O)=O. The third-order valence-electron chi connectivity index (χ3n) is 6.06. The number of benzene rings is 3. The Morgan fingerprint density at radius 1 is 1.05 bits per heavy atom. The highest BCUT2D eigenvalue weighted by Gasteiger charge is 2.23. The Bertz CT molecular complexity index is 1860. The van der Waals surface area contributed by atoms with E-state index >= 15 is 4.39 Å². The molecular weight excluding hydrogens is 528 g/mol. The zero-order valence-corrected chi connectivity index (χ0v) is 21.9. The number of carbonyl (C=O) groups excluding carboxylic acids is 1. The maximum Gasteiger partial charge on any atom is 0.229 e. The van der Waals surface area contributed by atoms with E-state index in [1.807, 2.05) is 0 Å².